The number of sulfonamides is 1. The first-order valence-electron chi connectivity index (χ1n) is 7.33. The smallest absolute Gasteiger partial charge is 0.338 e. The third-order valence-electron chi connectivity index (χ3n) is 3.36. The van der Waals surface area contributed by atoms with Crippen LogP contribution in [0.5, 0.6) is 5.75 Å². The maximum Gasteiger partial charge on any atom is 0.338 e. The van der Waals surface area contributed by atoms with E-state index in [1.54, 1.807) is 19.1 Å². The second kappa shape index (κ2) is 7.46. The highest BCUT2D eigenvalue weighted by molar-refractivity contribution is 7.89. The van der Waals surface area contributed by atoms with Crippen molar-refractivity contribution < 1.29 is 23.1 Å². The number of hydrogen-bond acceptors (Lipinski definition) is 5. The van der Waals surface area contributed by atoms with Gasteiger partial charge < -0.3 is 9.84 Å². The van der Waals surface area contributed by atoms with Crippen molar-refractivity contribution in [2.24, 2.45) is 0 Å². The third-order valence-corrected chi connectivity index (χ3v) is 4.97. The zero-order valence-corrected chi connectivity index (χ0v) is 14.3. The number of carbonyl (C=O) groups excluding carboxylic acids is 1. The molecular formula is C17H19NO5S. The predicted octanol–water partition coefficient (Wildman–Crippen LogP) is 2.14. The molecule has 2 rings (SSSR count). The Morgan fingerprint density at radius 1 is 1.12 bits per heavy atom. The number of carbonyl (C=O) groups is 1. The Morgan fingerprint density at radius 3 is 2.46 bits per heavy atom. The molecule has 0 amide bonds. The molecule has 0 aliphatic heterocycles. The van der Waals surface area contributed by atoms with Crippen LogP contribution in [-0.2, 0) is 14.8 Å². The molecule has 0 saturated heterocycles. The van der Waals surface area contributed by atoms with Crippen LogP contribution >= 0.6 is 0 Å². The highest BCUT2D eigenvalue weighted by Crippen LogP contribution is 2.16. The van der Waals surface area contributed by atoms with Crippen LogP contribution in [0.1, 0.15) is 21.5 Å². The van der Waals surface area contributed by atoms with E-state index in [4.69, 9.17) is 9.84 Å². The Hall–Kier alpha value is -2.38. The molecule has 24 heavy (non-hydrogen) atoms. The molecule has 0 unspecified atom stereocenters. The van der Waals surface area contributed by atoms with Crippen molar-refractivity contribution in [1.82, 2.24) is 4.72 Å². The number of aromatic hydroxyl groups is 1. The van der Waals surface area contributed by atoms with Crippen LogP contribution in [0.25, 0.3) is 0 Å². The molecule has 7 heteroatoms. The molecule has 2 aromatic carbocycles. The van der Waals surface area contributed by atoms with Crippen molar-refractivity contribution in [3.63, 3.8) is 0 Å². The molecule has 2 aromatic rings. The summed E-state index contributed by atoms with van der Waals surface area (Å²) in [5.41, 5.74) is 1.78. The van der Waals surface area contributed by atoms with Crippen molar-refractivity contribution in [2.75, 3.05) is 13.2 Å². The number of nitrogens with one attached hydrogen (secondary N) is 1. The van der Waals surface area contributed by atoms with Gasteiger partial charge in [-0.25, -0.2) is 17.9 Å². The highest BCUT2D eigenvalue weighted by atomic mass is 32.2. The monoisotopic (exact) mass is 349 g/mol. The number of esters is 1. The predicted molar refractivity (Wildman–Crippen MR) is 89.5 cm³/mol. The Bertz CT molecular complexity index is 829. The highest BCUT2D eigenvalue weighted by Gasteiger charge is 2.16. The minimum atomic E-state index is -3.66. The summed E-state index contributed by atoms with van der Waals surface area (Å²) in [6, 6.07) is 10.8. The van der Waals surface area contributed by atoms with E-state index >= 15 is 0 Å². The number of benzene rings is 2. The van der Waals surface area contributed by atoms with Gasteiger partial charge in [-0.05, 0) is 55.3 Å². The lowest BCUT2D eigenvalue weighted by Gasteiger charge is -2.10. The fourth-order valence-corrected chi connectivity index (χ4v) is 3.42. The summed E-state index contributed by atoms with van der Waals surface area (Å²) in [4.78, 5) is 12.0. The molecule has 0 atom stereocenters. The molecule has 0 aliphatic rings. The quantitative estimate of drug-likeness (QED) is 0.616. The van der Waals surface area contributed by atoms with Gasteiger partial charge in [0, 0.05) is 6.54 Å². The lowest BCUT2D eigenvalue weighted by molar-refractivity contribution is 0.0513. The van der Waals surface area contributed by atoms with E-state index in [0.717, 1.165) is 5.56 Å². The van der Waals surface area contributed by atoms with Crippen LogP contribution in [0.15, 0.2) is 47.4 Å². The summed E-state index contributed by atoms with van der Waals surface area (Å²) in [5, 5.41) is 9.16. The molecule has 0 radical (unpaired) electrons. The Balaban J connectivity index is 1.90. The average Bonchev–Trinajstić information content (AvgIpc) is 2.54. The summed E-state index contributed by atoms with van der Waals surface area (Å²) in [5.74, 6) is -0.534. The normalized spacial score (nSPS) is 11.2. The molecule has 0 aromatic heterocycles. The summed E-state index contributed by atoms with van der Waals surface area (Å²) < 4.78 is 32.0. The van der Waals surface area contributed by atoms with E-state index in [1.807, 2.05) is 13.0 Å². The van der Waals surface area contributed by atoms with Gasteiger partial charge in [0.15, 0.2) is 0 Å². The number of aryl methyl sites for hydroxylation is 2. The minimum Gasteiger partial charge on any atom is -0.508 e. The van der Waals surface area contributed by atoms with E-state index in [9.17, 15) is 13.2 Å². The van der Waals surface area contributed by atoms with Gasteiger partial charge in [-0.1, -0.05) is 12.1 Å². The van der Waals surface area contributed by atoms with Crippen molar-refractivity contribution in [2.45, 2.75) is 18.7 Å². The maximum absolute atomic E-state index is 12.3. The molecule has 0 heterocycles. The van der Waals surface area contributed by atoms with Gasteiger partial charge in [-0.3, -0.25) is 0 Å². The number of hydrogen-bond donors (Lipinski definition) is 2. The number of ether oxygens (including phenoxy) is 1. The molecule has 0 fully saturated rings. The van der Waals surface area contributed by atoms with Gasteiger partial charge in [-0.2, -0.15) is 0 Å². The molecule has 0 bridgehead atoms. The van der Waals surface area contributed by atoms with E-state index < -0.39 is 16.0 Å². The van der Waals surface area contributed by atoms with Gasteiger partial charge >= 0.3 is 5.97 Å². The summed E-state index contributed by atoms with van der Waals surface area (Å²) in [6.45, 7) is 3.42. The van der Waals surface area contributed by atoms with Gasteiger partial charge in [0.2, 0.25) is 10.0 Å². The minimum absolute atomic E-state index is 0.0282. The van der Waals surface area contributed by atoms with Crippen molar-refractivity contribution >= 4 is 16.0 Å². The lowest BCUT2D eigenvalue weighted by Crippen LogP contribution is -2.28. The van der Waals surface area contributed by atoms with Crippen LogP contribution in [0, 0.1) is 13.8 Å². The molecule has 0 spiro atoms. The standard InChI is InChI=1S/C17H19NO5S/c1-12-3-4-13(2)16(11-12)24(21,22)18-9-10-23-17(20)14-5-7-15(19)8-6-14/h3-8,11,18-19H,9-10H2,1-2H3. The maximum atomic E-state index is 12.3. The Labute approximate surface area is 141 Å². The van der Waals surface area contributed by atoms with E-state index in [-0.39, 0.29) is 29.4 Å². The molecular weight excluding hydrogens is 330 g/mol. The van der Waals surface area contributed by atoms with Crippen LogP contribution in [-0.4, -0.2) is 32.6 Å². The fraction of sp³-hybridized carbons (Fsp3) is 0.235. The van der Waals surface area contributed by atoms with Gasteiger partial charge in [0.1, 0.15) is 12.4 Å². The van der Waals surface area contributed by atoms with E-state index in [2.05, 4.69) is 4.72 Å². The first kappa shape index (κ1) is 18.0. The SMILES string of the molecule is Cc1ccc(C)c(S(=O)(=O)NCCOC(=O)c2ccc(O)cc2)c1. The molecule has 128 valence electrons. The first-order valence-corrected chi connectivity index (χ1v) is 8.81. The molecule has 0 aliphatic carbocycles. The van der Waals surface area contributed by atoms with E-state index in [1.165, 1.54) is 24.3 Å². The fourth-order valence-electron chi connectivity index (χ4n) is 2.08. The van der Waals surface area contributed by atoms with Gasteiger partial charge in [0.05, 0.1) is 10.5 Å². The largest absolute Gasteiger partial charge is 0.508 e. The summed E-state index contributed by atoms with van der Waals surface area (Å²) in [6.07, 6.45) is 0. The second-order valence-corrected chi connectivity index (χ2v) is 7.08. The number of phenolic OH excluding ortho intramolecular Hbond substituents is 1. The topological polar surface area (TPSA) is 92.7 Å². The average molecular weight is 349 g/mol. The third kappa shape index (κ3) is 4.56. The zero-order valence-electron chi connectivity index (χ0n) is 13.4. The van der Waals surface area contributed by atoms with Gasteiger partial charge in [0.25, 0.3) is 0 Å². The first-order chi connectivity index (χ1) is 11.3. The zero-order chi connectivity index (χ0) is 17.7. The number of rotatable bonds is 6. The number of phenols is 1. The Kier molecular flexibility index (Phi) is 5.58. The summed E-state index contributed by atoms with van der Waals surface area (Å²) >= 11 is 0. The van der Waals surface area contributed by atoms with Crippen LogP contribution in [0.4, 0.5) is 0 Å². The Morgan fingerprint density at radius 2 is 1.79 bits per heavy atom. The van der Waals surface area contributed by atoms with Crippen LogP contribution < -0.4 is 4.72 Å². The summed E-state index contributed by atoms with van der Waals surface area (Å²) in [7, 11) is -3.66. The molecule has 6 nitrogen and oxygen atoms in total. The van der Waals surface area contributed by atoms with E-state index in [0.29, 0.717) is 5.56 Å². The molecule has 2 N–H and O–H groups in total. The van der Waals surface area contributed by atoms with Crippen molar-refractivity contribution in [1.29, 1.82) is 0 Å². The van der Waals surface area contributed by atoms with Crippen LogP contribution in [0.2, 0.25) is 0 Å². The van der Waals surface area contributed by atoms with Crippen molar-refractivity contribution in [3.05, 3.63) is 59.2 Å². The van der Waals surface area contributed by atoms with Gasteiger partial charge in [-0.15, -0.1) is 0 Å². The van der Waals surface area contributed by atoms with Crippen molar-refractivity contribution in [3.8, 4) is 5.75 Å². The molecule has 0 saturated carbocycles. The lowest BCUT2D eigenvalue weighted by atomic mass is 10.2. The van der Waals surface area contributed by atoms with Crippen LogP contribution in [0.3, 0.4) is 0 Å². The second-order valence-electron chi connectivity index (χ2n) is 5.35.